The average molecular weight is 324 g/mol. The maximum atomic E-state index is 12.1. The van der Waals surface area contributed by atoms with Gasteiger partial charge in [-0.15, -0.1) is 11.3 Å². The van der Waals surface area contributed by atoms with Crippen LogP contribution in [-0.4, -0.2) is 36.7 Å². The van der Waals surface area contributed by atoms with Crippen LogP contribution >= 0.6 is 11.3 Å². The van der Waals surface area contributed by atoms with Crippen LogP contribution < -0.4 is 4.90 Å². The second-order valence-corrected chi connectivity index (χ2v) is 5.90. The number of carboxylic acid groups (broad SMARTS) is 1. The molecule has 0 spiro atoms. The van der Waals surface area contributed by atoms with Crippen molar-refractivity contribution in [3.8, 4) is 6.07 Å². The van der Waals surface area contributed by atoms with Crippen LogP contribution in [0.2, 0.25) is 0 Å². The highest BCUT2D eigenvalue weighted by Gasteiger charge is 2.24. The van der Waals surface area contributed by atoms with Crippen molar-refractivity contribution in [3.63, 3.8) is 0 Å². The SMILES string of the molecule is CCOC(=O)c1cc(CC)sc1N(CC#N)CC(C)C(=O)O. The van der Waals surface area contributed by atoms with Gasteiger partial charge in [0.15, 0.2) is 0 Å². The Kier molecular flexibility index (Phi) is 6.86. The molecule has 0 saturated heterocycles. The average Bonchev–Trinajstić information content (AvgIpc) is 2.91. The van der Waals surface area contributed by atoms with Gasteiger partial charge in [0.05, 0.1) is 24.2 Å². The molecule has 1 atom stereocenters. The highest BCUT2D eigenvalue weighted by Crippen LogP contribution is 2.33. The van der Waals surface area contributed by atoms with E-state index in [1.807, 2.05) is 13.0 Å². The normalized spacial score (nSPS) is 11.5. The number of esters is 1. The van der Waals surface area contributed by atoms with Crippen LogP contribution in [-0.2, 0) is 16.0 Å². The highest BCUT2D eigenvalue weighted by molar-refractivity contribution is 7.16. The number of ether oxygens (including phenoxy) is 1. The predicted octanol–water partition coefficient (Wildman–Crippen LogP) is 2.54. The molecule has 1 rings (SSSR count). The molecule has 0 radical (unpaired) electrons. The van der Waals surface area contributed by atoms with Crippen molar-refractivity contribution in [1.29, 1.82) is 5.26 Å². The number of nitriles is 1. The molecule has 0 amide bonds. The number of carbonyl (C=O) groups excluding carboxylic acids is 1. The van der Waals surface area contributed by atoms with E-state index in [1.165, 1.54) is 11.3 Å². The monoisotopic (exact) mass is 324 g/mol. The Hall–Kier alpha value is -2.07. The quantitative estimate of drug-likeness (QED) is 0.584. The van der Waals surface area contributed by atoms with Crippen LogP contribution in [0.5, 0.6) is 0 Å². The van der Waals surface area contributed by atoms with Crippen molar-refractivity contribution in [2.45, 2.75) is 27.2 Å². The topological polar surface area (TPSA) is 90.6 Å². The fraction of sp³-hybridized carbons (Fsp3) is 0.533. The lowest BCUT2D eigenvalue weighted by Gasteiger charge is -2.23. The van der Waals surface area contributed by atoms with Crippen LogP contribution in [0, 0.1) is 17.2 Å². The van der Waals surface area contributed by atoms with E-state index in [9.17, 15) is 9.59 Å². The minimum Gasteiger partial charge on any atom is -0.481 e. The maximum Gasteiger partial charge on any atom is 0.341 e. The Morgan fingerprint density at radius 1 is 1.50 bits per heavy atom. The first-order chi connectivity index (χ1) is 10.4. The molecule has 7 heteroatoms. The van der Waals surface area contributed by atoms with E-state index < -0.39 is 17.9 Å². The summed E-state index contributed by atoms with van der Waals surface area (Å²) in [5, 5.41) is 18.7. The van der Waals surface area contributed by atoms with Gasteiger partial charge in [0.1, 0.15) is 11.5 Å². The summed E-state index contributed by atoms with van der Waals surface area (Å²) in [6.45, 7) is 5.72. The van der Waals surface area contributed by atoms with Gasteiger partial charge in [0.2, 0.25) is 0 Å². The number of thiophene rings is 1. The van der Waals surface area contributed by atoms with Crippen LogP contribution in [0.1, 0.15) is 36.0 Å². The lowest BCUT2D eigenvalue weighted by atomic mass is 10.1. The molecule has 1 N–H and O–H groups in total. The lowest BCUT2D eigenvalue weighted by molar-refractivity contribution is -0.140. The van der Waals surface area contributed by atoms with Gasteiger partial charge in [-0.25, -0.2) is 4.79 Å². The molecule has 0 fully saturated rings. The van der Waals surface area contributed by atoms with Crippen molar-refractivity contribution in [1.82, 2.24) is 0 Å². The summed E-state index contributed by atoms with van der Waals surface area (Å²) in [5.74, 6) is -2.03. The van der Waals surface area contributed by atoms with E-state index >= 15 is 0 Å². The van der Waals surface area contributed by atoms with Gasteiger partial charge >= 0.3 is 11.9 Å². The van der Waals surface area contributed by atoms with Crippen molar-refractivity contribution in [3.05, 3.63) is 16.5 Å². The molecule has 0 aliphatic carbocycles. The highest BCUT2D eigenvalue weighted by atomic mass is 32.1. The molecule has 0 aromatic carbocycles. The summed E-state index contributed by atoms with van der Waals surface area (Å²) in [4.78, 5) is 25.8. The summed E-state index contributed by atoms with van der Waals surface area (Å²) in [5.41, 5.74) is 0.400. The van der Waals surface area contributed by atoms with Crippen molar-refractivity contribution in [2.75, 3.05) is 24.6 Å². The smallest absolute Gasteiger partial charge is 0.341 e. The Labute approximate surface area is 133 Å². The predicted molar refractivity (Wildman–Crippen MR) is 84.3 cm³/mol. The van der Waals surface area contributed by atoms with Crippen LogP contribution in [0.4, 0.5) is 5.00 Å². The van der Waals surface area contributed by atoms with Crippen LogP contribution in [0.15, 0.2) is 6.07 Å². The fourth-order valence-corrected chi connectivity index (χ4v) is 3.00. The third kappa shape index (κ3) is 4.46. The number of aliphatic carboxylic acids is 1. The van der Waals surface area contributed by atoms with Crippen molar-refractivity contribution < 1.29 is 19.4 Å². The Morgan fingerprint density at radius 2 is 2.18 bits per heavy atom. The Morgan fingerprint density at radius 3 is 2.68 bits per heavy atom. The van der Waals surface area contributed by atoms with E-state index in [1.54, 1.807) is 24.8 Å². The minimum atomic E-state index is -0.937. The van der Waals surface area contributed by atoms with Gasteiger partial charge in [-0.2, -0.15) is 5.26 Å². The number of anilines is 1. The zero-order chi connectivity index (χ0) is 16.7. The molecule has 1 aromatic rings. The minimum absolute atomic E-state index is 0.0215. The molecular formula is C15H20N2O4S. The summed E-state index contributed by atoms with van der Waals surface area (Å²) in [7, 11) is 0. The van der Waals surface area contributed by atoms with E-state index in [2.05, 4.69) is 0 Å². The van der Waals surface area contributed by atoms with Gasteiger partial charge in [-0.05, 0) is 19.4 Å². The van der Waals surface area contributed by atoms with Crippen LogP contribution in [0.3, 0.4) is 0 Å². The summed E-state index contributed by atoms with van der Waals surface area (Å²) in [6, 6.07) is 3.78. The Bertz CT molecular complexity index is 577. The fourth-order valence-electron chi connectivity index (χ4n) is 1.91. The molecule has 22 heavy (non-hydrogen) atoms. The number of aryl methyl sites for hydroxylation is 1. The molecule has 1 aromatic heterocycles. The largest absolute Gasteiger partial charge is 0.481 e. The number of hydrogen-bond acceptors (Lipinski definition) is 6. The van der Waals surface area contributed by atoms with E-state index in [4.69, 9.17) is 15.1 Å². The van der Waals surface area contributed by atoms with Gasteiger partial charge in [0.25, 0.3) is 0 Å². The molecule has 1 heterocycles. The standard InChI is InChI=1S/C15H20N2O4S/c1-4-11-8-12(15(20)21-5-2)13(22-11)17(7-6-16)9-10(3)14(18)19/h8,10H,4-5,7,9H2,1-3H3,(H,18,19). The number of hydrogen-bond donors (Lipinski definition) is 1. The number of carboxylic acids is 1. The van der Waals surface area contributed by atoms with Crippen molar-refractivity contribution >= 4 is 28.3 Å². The van der Waals surface area contributed by atoms with E-state index in [-0.39, 0.29) is 19.7 Å². The molecule has 0 aliphatic rings. The van der Waals surface area contributed by atoms with Gasteiger partial charge in [-0.1, -0.05) is 13.8 Å². The first kappa shape index (κ1) is 18.0. The third-order valence-corrected chi connectivity index (χ3v) is 4.41. The number of carbonyl (C=O) groups is 2. The first-order valence-electron chi connectivity index (χ1n) is 7.09. The van der Waals surface area contributed by atoms with Gasteiger partial charge < -0.3 is 14.7 Å². The van der Waals surface area contributed by atoms with Gasteiger partial charge in [0, 0.05) is 11.4 Å². The van der Waals surface area contributed by atoms with Crippen molar-refractivity contribution in [2.24, 2.45) is 5.92 Å². The second kappa shape index (κ2) is 8.39. The third-order valence-electron chi connectivity index (χ3n) is 3.07. The zero-order valence-corrected chi connectivity index (χ0v) is 13.8. The van der Waals surface area contributed by atoms with Gasteiger partial charge in [-0.3, -0.25) is 4.79 Å². The zero-order valence-electron chi connectivity index (χ0n) is 13.0. The summed E-state index contributed by atoms with van der Waals surface area (Å²) >= 11 is 1.40. The number of rotatable bonds is 8. The molecule has 0 saturated carbocycles. The molecular weight excluding hydrogens is 304 g/mol. The molecule has 120 valence electrons. The molecule has 6 nitrogen and oxygen atoms in total. The summed E-state index contributed by atoms with van der Waals surface area (Å²) < 4.78 is 5.05. The van der Waals surface area contributed by atoms with Crippen LogP contribution in [0.25, 0.3) is 0 Å². The number of nitrogens with zero attached hydrogens (tertiary/aromatic N) is 2. The van der Waals surface area contributed by atoms with E-state index in [0.717, 1.165) is 11.3 Å². The van der Waals surface area contributed by atoms with E-state index in [0.29, 0.717) is 10.6 Å². The summed E-state index contributed by atoms with van der Waals surface area (Å²) in [6.07, 6.45) is 0.756. The first-order valence-corrected chi connectivity index (χ1v) is 7.90. The molecule has 0 bridgehead atoms. The maximum absolute atomic E-state index is 12.1. The second-order valence-electron chi connectivity index (χ2n) is 4.78. The Balaban J connectivity index is 3.17. The molecule has 0 aliphatic heterocycles. The lowest BCUT2D eigenvalue weighted by Crippen LogP contribution is -2.32. The molecule has 1 unspecified atom stereocenters.